The van der Waals surface area contributed by atoms with Gasteiger partial charge in [0.25, 0.3) is 0 Å². The van der Waals surface area contributed by atoms with Gasteiger partial charge in [-0.3, -0.25) is 0 Å². The van der Waals surface area contributed by atoms with Crippen molar-refractivity contribution in [3.63, 3.8) is 0 Å². The van der Waals surface area contributed by atoms with Crippen molar-refractivity contribution in [2.75, 3.05) is 5.32 Å². The number of anilines is 2. The zero-order valence-corrected chi connectivity index (χ0v) is 38.5. The lowest BCUT2D eigenvalue weighted by Crippen LogP contribution is -1.99. The average molecular weight is 1270 g/mol. The molecule has 19 heteroatoms. The predicted octanol–water partition coefficient (Wildman–Crippen LogP) is 14.6. The number of phenolic OH excluding ortho intramolecular Hbond substituents is 3. The lowest BCUT2D eigenvalue weighted by molar-refractivity contribution is 0.470. The summed E-state index contributed by atoms with van der Waals surface area (Å²) in [6, 6.07) is 17.3. The summed E-state index contributed by atoms with van der Waals surface area (Å²) >= 11 is 46.5. The minimum absolute atomic E-state index is 0.0227. The largest absolute Gasteiger partial charge is 0.507 e. The van der Waals surface area contributed by atoms with E-state index in [4.69, 9.17) is 50.1 Å². The summed E-state index contributed by atoms with van der Waals surface area (Å²) in [6.45, 7) is 0. The summed E-state index contributed by atoms with van der Waals surface area (Å²) in [5, 5.41) is 30.9. The molecule has 4 N–H and O–H groups in total. The highest BCUT2D eigenvalue weighted by molar-refractivity contribution is 9.15. The molecule has 0 aliphatic carbocycles. The highest BCUT2D eigenvalue weighted by atomic mass is 79.9. The molecule has 0 aliphatic heterocycles. The molecule has 0 saturated carbocycles. The van der Waals surface area contributed by atoms with Crippen LogP contribution in [-0.2, 0) is 0 Å². The number of nitrogens with zero attached hydrogens (tertiary/aromatic N) is 3. The smallest absolute Gasteiger partial charge is 0.232 e. The molecule has 0 unspecified atom stereocenters. The Morgan fingerprint density at radius 1 is 0.457 bits per heavy atom. The number of aromatic nitrogens is 3. The summed E-state index contributed by atoms with van der Waals surface area (Å²) in [4.78, 5) is 11.4. The Hall–Kier alpha value is 0.280. The van der Waals surface area contributed by atoms with E-state index in [1.807, 2.05) is 12.1 Å². The Kier molecular flexibility index (Phi) is 19.2. The predicted molar refractivity (Wildman–Crippen MR) is 218 cm³/mol. The Morgan fingerprint density at radius 3 is 1.13 bits per heavy atom. The van der Waals surface area contributed by atoms with Gasteiger partial charge in [0.05, 0.1) is 24.1 Å². The molecule has 0 fully saturated rings. The third kappa shape index (κ3) is 13.5. The van der Waals surface area contributed by atoms with Crippen LogP contribution in [0.25, 0.3) is 0 Å². The average Bonchev–Trinajstić information content (AvgIpc) is 3.01. The molecular weight excluding hydrogens is 1250 g/mol. The van der Waals surface area contributed by atoms with Crippen molar-refractivity contribution in [1.29, 1.82) is 0 Å². The number of hydrogen-bond acceptors (Lipinski definition) is 7. The molecule has 46 heavy (non-hydrogen) atoms. The molecule has 0 saturated heterocycles. The van der Waals surface area contributed by atoms with Crippen LogP contribution in [0, 0.1) is 0 Å². The second-order valence-corrected chi connectivity index (χ2v) is 16.3. The minimum Gasteiger partial charge on any atom is -0.507 e. The van der Waals surface area contributed by atoms with Crippen molar-refractivity contribution in [3.8, 4) is 17.2 Å². The molecular formula is C27H14Br9Cl3N4O3. The van der Waals surface area contributed by atoms with E-state index in [1.165, 1.54) is 0 Å². The minimum atomic E-state index is 0.0227. The second kappa shape index (κ2) is 20.8. The molecule has 0 aliphatic rings. The highest BCUT2D eigenvalue weighted by Crippen LogP contribution is 2.38. The standard InChI is InChI=1S/C9H5Cl3N4.3C6H3Br3O/c10-5-3-1-2-4-6(5)13-9-15-7(11)14-8(12)16-9;3*7-3-1-2-4(10)6(9)5(3)8/h1-4H,(H,13,14,15,16);3*1-2,10H. The molecule has 7 nitrogen and oxygen atoms in total. The lowest BCUT2D eigenvalue weighted by Gasteiger charge is -2.06. The van der Waals surface area contributed by atoms with Gasteiger partial charge < -0.3 is 20.6 Å². The summed E-state index contributed by atoms with van der Waals surface area (Å²) in [7, 11) is 0. The van der Waals surface area contributed by atoms with E-state index in [0.29, 0.717) is 24.1 Å². The van der Waals surface area contributed by atoms with Crippen molar-refractivity contribution in [3.05, 3.63) is 117 Å². The van der Waals surface area contributed by atoms with Crippen molar-refractivity contribution in [2.24, 2.45) is 0 Å². The number of benzene rings is 4. The lowest BCUT2D eigenvalue weighted by atomic mass is 10.3. The first-order valence-electron chi connectivity index (χ1n) is 11.6. The Morgan fingerprint density at radius 2 is 0.804 bits per heavy atom. The number of hydrogen-bond donors (Lipinski definition) is 4. The molecule has 5 aromatic rings. The molecule has 0 amide bonds. The second-order valence-electron chi connectivity index (χ2n) is 7.89. The summed E-state index contributed by atoms with van der Waals surface area (Å²) in [5.74, 6) is 0.943. The number of halogens is 12. The topological polar surface area (TPSA) is 111 Å². The fourth-order valence-electron chi connectivity index (χ4n) is 2.61. The fraction of sp³-hybridized carbons (Fsp3) is 0. The third-order valence-electron chi connectivity index (χ3n) is 4.75. The van der Waals surface area contributed by atoms with Gasteiger partial charge in [-0.25, -0.2) is 0 Å². The monoisotopic (exact) mass is 1260 g/mol. The van der Waals surface area contributed by atoms with E-state index in [-0.39, 0.29) is 33.8 Å². The van der Waals surface area contributed by atoms with E-state index in [9.17, 15) is 0 Å². The van der Waals surface area contributed by atoms with Gasteiger partial charge in [0.15, 0.2) is 0 Å². The van der Waals surface area contributed by atoms with Crippen molar-refractivity contribution < 1.29 is 15.3 Å². The van der Waals surface area contributed by atoms with Crippen LogP contribution in [0.1, 0.15) is 0 Å². The number of aromatic hydroxyl groups is 3. The molecule has 0 atom stereocenters. The maximum absolute atomic E-state index is 9.13. The van der Waals surface area contributed by atoms with Crippen molar-refractivity contribution in [2.45, 2.75) is 0 Å². The van der Waals surface area contributed by atoms with Crippen LogP contribution < -0.4 is 5.32 Å². The van der Waals surface area contributed by atoms with Crippen LogP contribution in [0.4, 0.5) is 11.6 Å². The van der Waals surface area contributed by atoms with Crippen LogP contribution in [-0.4, -0.2) is 30.3 Å². The molecule has 4 aromatic carbocycles. The summed E-state index contributed by atoms with van der Waals surface area (Å²) in [5.41, 5.74) is 0.669. The number of para-hydroxylation sites is 1. The van der Waals surface area contributed by atoms with E-state index in [1.54, 1.807) is 48.5 Å². The Balaban J connectivity index is 0.000000219. The van der Waals surface area contributed by atoms with E-state index >= 15 is 0 Å². The number of phenols is 3. The molecule has 1 aromatic heterocycles. The van der Waals surface area contributed by atoms with Gasteiger partial charge in [0.1, 0.15) is 17.2 Å². The van der Waals surface area contributed by atoms with Gasteiger partial charge in [-0.1, -0.05) is 23.7 Å². The summed E-state index contributed by atoms with van der Waals surface area (Å²) in [6.07, 6.45) is 0. The van der Waals surface area contributed by atoms with Gasteiger partial charge >= 0.3 is 0 Å². The molecule has 1 heterocycles. The van der Waals surface area contributed by atoms with Gasteiger partial charge in [-0.2, -0.15) is 15.0 Å². The first-order valence-corrected chi connectivity index (χ1v) is 19.9. The maximum atomic E-state index is 9.13. The maximum Gasteiger partial charge on any atom is 0.232 e. The normalized spacial score (nSPS) is 10.0. The third-order valence-corrected chi connectivity index (χ3v) is 15.5. The Bertz CT molecular complexity index is 1590. The zero-order valence-electron chi connectivity index (χ0n) is 22.0. The van der Waals surface area contributed by atoms with Crippen LogP contribution >= 0.6 is 178 Å². The fourth-order valence-corrected chi connectivity index (χ4v) is 6.99. The van der Waals surface area contributed by atoms with Crippen molar-refractivity contribution in [1.82, 2.24) is 15.0 Å². The molecule has 0 bridgehead atoms. The summed E-state index contributed by atoms with van der Waals surface area (Å²) < 4.78 is 7.23. The van der Waals surface area contributed by atoms with Gasteiger partial charge in [-0.15, -0.1) is 0 Å². The van der Waals surface area contributed by atoms with Gasteiger partial charge in [0.2, 0.25) is 16.5 Å². The number of rotatable bonds is 2. The van der Waals surface area contributed by atoms with Crippen LogP contribution in [0.5, 0.6) is 17.2 Å². The van der Waals surface area contributed by atoms with Crippen LogP contribution in [0.15, 0.2) is 101 Å². The van der Waals surface area contributed by atoms with Crippen molar-refractivity contribution >= 4 is 190 Å². The van der Waals surface area contributed by atoms with Gasteiger partial charge in [-0.05, 0) is 215 Å². The molecule has 244 valence electrons. The quantitative estimate of drug-likeness (QED) is 0.130. The molecule has 0 spiro atoms. The van der Waals surface area contributed by atoms with E-state index in [2.05, 4.69) is 164 Å². The SMILES string of the molecule is Clc1nc(Cl)nc(Nc2ccccc2Cl)n1.Oc1ccc(Br)c(Br)c1Br.Oc1ccc(Br)c(Br)c1Br.Oc1ccc(Br)c(Br)c1Br. The molecule has 0 radical (unpaired) electrons. The van der Waals surface area contributed by atoms with E-state index in [0.717, 1.165) is 26.8 Å². The van der Waals surface area contributed by atoms with Gasteiger partial charge in [0, 0.05) is 26.8 Å². The highest BCUT2D eigenvalue weighted by Gasteiger charge is 2.07. The zero-order chi connectivity index (χ0) is 34.7. The Labute approximate surface area is 354 Å². The first kappa shape index (κ1) is 42.4. The van der Waals surface area contributed by atoms with E-state index < -0.39 is 0 Å². The first-order chi connectivity index (χ1) is 21.5. The van der Waals surface area contributed by atoms with Crippen LogP contribution in [0.3, 0.4) is 0 Å². The molecule has 5 rings (SSSR count). The number of nitrogens with one attached hydrogen (secondary N) is 1. The van der Waals surface area contributed by atoms with Crippen LogP contribution in [0.2, 0.25) is 15.6 Å².